The zero-order valence-corrected chi connectivity index (χ0v) is 18.7. The summed E-state index contributed by atoms with van der Waals surface area (Å²) in [6.07, 6.45) is 3.96. The van der Waals surface area contributed by atoms with Crippen molar-refractivity contribution >= 4 is 23.2 Å². The molecule has 164 valence electrons. The third kappa shape index (κ3) is 3.80. The van der Waals surface area contributed by atoms with Crippen LogP contribution in [0.15, 0.2) is 28.9 Å². The number of aromatic nitrogens is 3. The van der Waals surface area contributed by atoms with E-state index >= 15 is 0 Å². The normalized spacial score (nSPS) is 18.5. The number of nitrogens with zero attached hydrogens (tertiary/aromatic N) is 5. The molecule has 3 N–H and O–H groups in total. The summed E-state index contributed by atoms with van der Waals surface area (Å²) < 4.78 is 2.17. The molecule has 8 nitrogen and oxygen atoms in total. The molecule has 0 amide bonds. The second kappa shape index (κ2) is 8.34. The lowest BCUT2D eigenvalue weighted by Crippen LogP contribution is -2.43. The molecule has 0 saturated carbocycles. The Morgan fingerprint density at radius 2 is 2.00 bits per heavy atom. The fourth-order valence-electron chi connectivity index (χ4n) is 4.78. The predicted octanol–water partition coefficient (Wildman–Crippen LogP) is 2.56. The predicted molar refractivity (Wildman–Crippen MR) is 126 cm³/mol. The molecule has 4 heterocycles. The Morgan fingerprint density at radius 3 is 2.71 bits per heavy atom. The van der Waals surface area contributed by atoms with Crippen molar-refractivity contribution in [3.8, 4) is 0 Å². The van der Waals surface area contributed by atoms with Gasteiger partial charge in [0.1, 0.15) is 5.82 Å². The largest absolute Gasteiger partial charge is 0.368 e. The van der Waals surface area contributed by atoms with Crippen molar-refractivity contribution in [2.24, 2.45) is 4.99 Å². The quantitative estimate of drug-likeness (QED) is 0.705. The SMILES string of the molecule is CCn1nc2c(c1C(C)C)C1=C(CC2)CN=C(Nc2ccc(N3CCNCC3)cn2)N1. The third-order valence-corrected chi connectivity index (χ3v) is 6.33. The second-order valence-electron chi connectivity index (χ2n) is 8.71. The average Bonchev–Trinajstić information content (AvgIpc) is 3.20. The summed E-state index contributed by atoms with van der Waals surface area (Å²) >= 11 is 0. The Balaban J connectivity index is 1.34. The Kier molecular flexibility index (Phi) is 5.40. The first kappa shape index (κ1) is 20.1. The van der Waals surface area contributed by atoms with Crippen LogP contribution < -0.4 is 20.9 Å². The lowest BCUT2D eigenvalue weighted by Gasteiger charge is -2.29. The standard InChI is InChI=1S/C23H32N8/c1-4-31-22(15(2)3)20-18(29-31)7-5-16-13-26-23(28-21(16)20)27-19-8-6-17(14-25-19)30-11-9-24-10-12-30/h6,8,14-15,24H,4-5,7,9-13H2,1-3H3,(H2,25,26,27,28). The molecule has 8 heteroatoms. The minimum atomic E-state index is 0.416. The number of rotatable bonds is 4. The van der Waals surface area contributed by atoms with Crippen LogP contribution in [0.3, 0.4) is 0 Å². The summed E-state index contributed by atoms with van der Waals surface area (Å²) in [7, 11) is 0. The van der Waals surface area contributed by atoms with Crippen LogP contribution in [-0.4, -0.2) is 53.4 Å². The van der Waals surface area contributed by atoms with Gasteiger partial charge in [0.05, 0.1) is 35.5 Å². The zero-order valence-electron chi connectivity index (χ0n) is 18.7. The summed E-state index contributed by atoms with van der Waals surface area (Å²) in [5.41, 5.74) is 7.54. The number of pyridine rings is 1. The van der Waals surface area contributed by atoms with Gasteiger partial charge in [0.15, 0.2) is 0 Å². The van der Waals surface area contributed by atoms with Crippen molar-refractivity contribution in [3.05, 3.63) is 40.9 Å². The van der Waals surface area contributed by atoms with Crippen LogP contribution >= 0.6 is 0 Å². The van der Waals surface area contributed by atoms with E-state index < -0.39 is 0 Å². The maximum atomic E-state index is 4.91. The first-order chi connectivity index (χ1) is 15.1. The Bertz CT molecular complexity index is 1010. The third-order valence-electron chi connectivity index (χ3n) is 6.33. The highest BCUT2D eigenvalue weighted by molar-refractivity contribution is 6.01. The van der Waals surface area contributed by atoms with Gasteiger partial charge in [-0.3, -0.25) is 4.68 Å². The van der Waals surface area contributed by atoms with Gasteiger partial charge >= 0.3 is 0 Å². The van der Waals surface area contributed by atoms with E-state index in [9.17, 15) is 0 Å². The van der Waals surface area contributed by atoms with Gasteiger partial charge in [-0.15, -0.1) is 0 Å². The molecule has 1 saturated heterocycles. The van der Waals surface area contributed by atoms with E-state index in [0.717, 1.165) is 63.9 Å². The summed E-state index contributed by atoms with van der Waals surface area (Å²) in [5.74, 6) is 1.98. The molecular weight excluding hydrogens is 388 g/mol. The zero-order chi connectivity index (χ0) is 21.4. The van der Waals surface area contributed by atoms with Crippen LogP contribution in [-0.2, 0) is 13.0 Å². The highest BCUT2D eigenvalue weighted by Crippen LogP contribution is 2.36. The van der Waals surface area contributed by atoms with Gasteiger partial charge in [-0.2, -0.15) is 5.10 Å². The van der Waals surface area contributed by atoms with E-state index in [2.05, 4.69) is 57.4 Å². The van der Waals surface area contributed by atoms with Gasteiger partial charge in [0.2, 0.25) is 5.96 Å². The van der Waals surface area contributed by atoms with Crippen LogP contribution in [0, 0.1) is 0 Å². The molecular formula is C23H32N8. The Hall–Kier alpha value is -2.87. The maximum Gasteiger partial charge on any atom is 0.201 e. The monoisotopic (exact) mass is 420 g/mol. The van der Waals surface area contributed by atoms with Crippen molar-refractivity contribution in [1.82, 2.24) is 25.4 Å². The van der Waals surface area contributed by atoms with Gasteiger partial charge in [0.25, 0.3) is 0 Å². The summed E-state index contributed by atoms with van der Waals surface area (Å²) in [4.78, 5) is 11.7. The van der Waals surface area contributed by atoms with Crippen LogP contribution in [0.4, 0.5) is 11.5 Å². The van der Waals surface area contributed by atoms with E-state index in [-0.39, 0.29) is 0 Å². The number of aryl methyl sites for hydroxylation is 2. The van der Waals surface area contributed by atoms with E-state index in [4.69, 9.17) is 10.1 Å². The average molecular weight is 421 g/mol. The van der Waals surface area contributed by atoms with E-state index in [1.165, 1.54) is 33.9 Å². The molecule has 0 bridgehead atoms. The summed E-state index contributed by atoms with van der Waals surface area (Å²) in [6, 6.07) is 4.17. The van der Waals surface area contributed by atoms with E-state index in [1.807, 2.05) is 12.3 Å². The molecule has 0 atom stereocenters. The number of guanidine groups is 1. The van der Waals surface area contributed by atoms with E-state index in [0.29, 0.717) is 5.92 Å². The molecule has 0 radical (unpaired) electrons. The molecule has 0 unspecified atom stereocenters. The molecule has 2 aliphatic heterocycles. The minimum Gasteiger partial charge on any atom is -0.368 e. The van der Waals surface area contributed by atoms with Crippen LogP contribution in [0.25, 0.3) is 5.70 Å². The molecule has 31 heavy (non-hydrogen) atoms. The second-order valence-corrected chi connectivity index (χ2v) is 8.71. The molecule has 3 aliphatic rings. The van der Waals surface area contributed by atoms with Gasteiger partial charge in [-0.05, 0) is 43.4 Å². The molecule has 1 fully saturated rings. The fraction of sp³-hybridized carbons (Fsp3) is 0.522. The highest BCUT2D eigenvalue weighted by Gasteiger charge is 2.30. The number of fused-ring (bicyclic) bond motifs is 2. The minimum absolute atomic E-state index is 0.416. The summed E-state index contributed by atoms with van der Waals surface area (Å²) in [6.45, 7) is 12.4. The van der Waals surface area contributed by atoms with Crippen LogP contribution in [0.2, 0.25) is 0 Å². The Morgan fingerprint density at radius 1 is 1.16 bits per heavy atom. The highest BCUT2D eigenvalue weighted by atomic mass is 15.3. The molecule has 5 rings (SSSR count). The Labute approximate surface area is 183 Å². The fourth-order valence-corrected chi connectivity index (χ4v) is 4.78. The van der Waals surface area contributed by atoms with Crippen LogP contribution in [0.5, 0.6) is 0 Å². The molecule has 0 spiro atoms. The first-order valence-electron chi connectivity index (χ1n) is 11.5. The van der Waals surface area contributed by atoms with Gasteiger partial charge < -0.3 is 20.9 Å². The maximum absolute atomic E-state index is 4.91. The molecule has 1 aliphatic carbocycles. The van der Waals surface area contributed by atoms with E-state index in [1.54, 1.807) is 0 Å². The van der Waals surface area contributed by atoms with Crippen molar-refractivity contribution in [1.29, 1.82) is 0 Å². The molecule has 2 aromatic rings. The molecule has 0 aromatic carbocycles. The van der Waals surface area contributed by atoms with Crippen molar-refractivity contribution in [2.75, 3.05) is 42.9 Å². The number of aliphatic imine (C=N–C) groups is 1. The van der Waals surface area contributed by atoms with Gasteiger partial charge in [-0.25, -0.2) is 9.98 Å². The number of anilines is 2. The number of piperazine rings is 1. The van der Waals surface area contributed by atoms with Crippen molar-refractivity contribution in [3.63, 3.8) is 0 Å². The number of hydrogen-bond donors (Lipinski definition) is 3. The molecule has 2 aromatic heterocycles. The number of nitrogens with one attached hydrogen (secondary N) is 3. The van der Waals surface area contributed by atoms with Crippen molar-refractivity contribution < 1.29 is 0 Å². The first-order valence-corrected chi connectivity index (χ1v) is 11.5. The smallest absolute Gasteiger partial charge is 0.201 e. The lowest BCUT2D eigenvalue weighted by atomic mass is 9.89. The lowest BCUT2D eigenvalue weighted by molar-refractivity contribution is 0.589. The topological polar surface area (TPSA) is 82.4 Å². The van der Waals surface area contributed by atoms with Gasteiger partial charge in [0, 0.05) is 38.3 Å². The van der Waals surface area contributed by atoms with Gasteiger partial charge in [-0.1, -0.05) is 13.8 Å². The summed E-state index contributed by atoms with van der Waals surface area (Å²) in [5, 5.41) is 15.2. The number of hydrogen-bond acceptors (Lipinski definition) is 7. The van der Waals surface area contributed by atoms with Crippen LogP contribution in [0.1, 0.15) is 50.1 Å². The van der Waals surface area contributed by atoms with Crippen molar-refractivity contribution in [2.45, 2.75) is 46.1 Å².